The Morgan fingerprint density at radius 2 is 1.67 bits per heavy atom. The van der Waals surface area contributed by atoms with Gasteiger partial charge in [0, 0.05) is 23.8 Å². The molecule has 0 bridgehead atoms. The summed E-state index contributed by atoms with van der Waals surface area (Å²) in [5.41, 5.74) is 2.61. The Kier molecular flexibility index (Phi) is 5.02. The molecule has 142 valence electrons. The van der Waals surface area contributed by atoms with E-state index < -0.39 is 10.0 Å². The van der Waals surface area contributed by atoms with E-state index in [2.05, 4.69) is 4.72 Å². The van der Waals surface area contributed by atoms with E-state index in [0.717, 1.165) is 37.8 Å². The van der Waals surface area contributed by atoms with Crippen LogP contribution in [0.15, 0.2) is 53.4 Å². The summed E-state index contributed by atoms with van der Waals surface area (Å²) in [6.45, 7) is 0.654. The Hall–Kier alpha value is -2.18. The second-order valence-electron chi connectivity index (χ2n) is 7.32. The van der Waals surface area contributed by atoms with Crippen molar-refractivity contribution in [2.75, 3.05) is 11.4 Å². The molecule has 0 atom stereocenters. The number of hydrogen-bond acceptors (Lipinski definition) is 3. The van der Waals surface area contributed by atoms with Crippen LogP contribution in [-0.2, 0) is 16.4 Å². The highest BCUT2D eigenvalue weighted by molar-refractivity contribution is 7.89. The van der Waals surface area contributed by atoms with E-state index in [4.69, 9.17) is 0 Å². The lowest BCUT2D eigenvalue weighted by molar-refractivity contribution is 0.0989. The van der Waals surface area contributed by atoms with Gasteiger partial charge in [0.05, 0.1) is 4.90 Å². The maximum atomic E-state index is 12.8. The number of benzene rings is 2. The number of carbonyl (C=O) groups excluding carboxylic acids is 1. The first-order valence-electron chi connectivity index (χ1n) is 9.57. The van der Waals surface area contributed by atoms with Gasteiger partial charge in [0.2, 0.25) is 10.0 Å². The van der Waals surface area contributed by atoms with Gasteiger partial charge >= 0.3 is 0 Å². The van der Waals surface area contributed by atoms with E-state index in [1.54, 1.807) is 17.0 Å². The molecule has 2 aliphatic rings. The van der Waals surface area contributed by atoms with E-state index in [9.17, 15) is 13.2 Å². The number of sulfonamides is 1. The zero-order valence-electron chi connectivity index (χ0n) is 15.2. The third-order valence-corrected chi connectivity index (χ3v) is 7.01. The quantitative estimate of drug-likeness (QED) is 0.877. The normalized spacial score (nSPS) is 17.7. The van der Waals surface area contributed by atoms with E-state index in [1.807, 2.05) is 24.3 Å². The van der Waals surface area contributed by atoms with Crippen molar-refractivity contribution >= 4 is 21.6 Å². The van der Waals surface area contributed by atoms with Gasteiger partial charge in [-0.3, -0.25) is 4.79 Å². The van der Waals surface area contributed by atoms with Crippen LogP contribution in [-0.4, -0.2) is 26.9 Å². The summed E-state index contributed by atoms with van der Waals surface area (Å²) in [6, 6.07) is 14.2. The highest BCUT2D eigenvalue weighted by Gasteiger charge is 2.26. The molecule has 0 radical (unpaired) electrons. The van der Waals surface area contributed by atoms with Crippen LogP contribution in [0.4, 0.5) is 5.69 Å². The third kappa shape index (κ3) is 3.77. The summed E-state index contributed by atoms with van der Waals surface area (Å²) in [4.78, 5) is 14.8. The van der Waals surface area contributed by atoms with Crippen LogP contribution in [0.2, 0.25) is 0 Å². The number of nitrogens with zero attached hydrogens (tertiary/aromatic N) is 1. The van der Waals surface area contributed by atoms with Crippen molar-refractivity contribution in [1.82, 2.24) is 4.72 Å². The van der Waals surface area contributed by atoms with Gasteiger partial charge in [-0.2, -0.15) is 0 Å². The van der Waals surface area contributed by atoms with E-state index in [0.29, 0.717) is 12.1 Å². The van der Waals surface area contributed by atoms with Gasteiger partial charge in [-0.1, -0.05) is 37.5 Å². The second-order valence-corrected chi connectivity index (χ2v) is 9.03. The molecule has 0 aromatic heterocycles. The third-order valence-electron chi connectivity index (χ3n) is 5.47. The van der Waals surface area contributed by atoms with E-state index in [1.165, 1.54) is 24.1 Å². The molecule has 6 heteroatoms. The molecule has 1 heterocycles. The second kappa shape index (κ2) is 7.44. The topological polar surface area (TPSA) is 66.5 Å². The lowest BCUT2D eigenvalue weighted by Gasteiger charge is -2.22. The molecule has 1 amide bonds. The predicted molar refractivity (Wildman–Crippen MR) is 105 cm³/mol. The monoisotopic (exact) mass is 384 g/mol. The zero-order chi connectivity index (χ0) is 18.9. The van der Waals surface area contributed by atoms with Gasteiger partial charge in [-0.05, 0) is 55.2 Å². The lowest BCUT2D eigenvalue weighted by atomic mass is 9.96. The van der Waals surface area contributed by atoms with Gasteiger partial charge < -0.3 is 4.90 Å². The van der Waals surface area contributed by atoms with Gasteiger partial charge in [-0.25, -0.2) is 13.1 Å². The SMILES string of the molecule is O=C(c1ccc(S(=O)(=O)NC2CCCCC2)cc1)N1CCc2ccccc21. The van der Waals surface area contributed by atoms with Crippen molar-refractivity contribution in [1.29, 1.82) is 0 Å². The number of carbonyl (C=O) groups is 1. The van der Waals surface area contributed by atoms with Gasteiger partial charge in [0.25, 0.3) is 5.91 Å². The maximum absolute atomic E-state index is 12.8. The number of fused-ring (bicyclic) bond motifs is 1. The van der Waals surface area contributed by atoms with Crippen molar-refractivity contribution in [3.63, 3.8) is 0 Å². The van der Waals surface area contributed by atoms with Crippen molar-refractivity contribution in [2.24, 2.45) is 0 Å². The molecule has 1 aliphatic heterocycles. The minimum absolute atomic E-state index is 0.0196. The Labute approximate surface area is 160 Å². The van der Waals surface area contributed by atoms with Crippen molar-refractivity contribution in [3.8, 4) is 0 Å². The van der Waals surface area contributed by atoms with Crippen LogP contribution < -0.4 is 9.62 Å². The van der Waals surface area contributed by atoms with Crippen molar-refractivity contribution in [3.05, 3.63) is 59.7 Å². The van der Waals surface area contributed by atoms with Crippen LogP contribution in [0.1, 0.15) is 48.0 Å². The molecule has 4 rings (SSSR count). The fourth-order valence-electron chi connectivity index (χ4n) is 3.99. The number of hydrogen-bond donors (Lipinski definition) is 1. The van der Waals surface area contributed by atoms with Gasteiger partial charge in [0.1, 0.15) is 0 Å². The molecule has 0 unspecified atom stereocenters. The molecule has 1 aliphatic carbocycles. The van der Waals surface area contributed by atoms with E-state index >= 15 is 0 Å². The summed E-state index contributed by atoms with van der Waals surface area (Å²) < 4.78 is 28.0. The molecule has 2 aromatic rings. The Morgan fingerprint density at radius 3 is 2.41 bits per heavy atom. The summed E-state index contributed by atoms with van der Waals surface area (Å²) in [5.74, 6) is -0.0934. The summed E-state index contributed by atoms with van der Waals surface area (Å²) >= 11 is 0. The molecule has 5 nitrogen and oxygen atoms in total. The first kappa shape index (κ1) is 18.2. The minimum atomic E-state index is -3.54. The highest BCUT2D eigenvalue weighted by atomic mass is 32.2. The van der Waals surface area contributed by atoms with Crippen molar-refractivity contribution in [2.45, 2.75) is 49.5 Å². The van der Waals surface area contributed by atoms with Crippen LogP contribution >= 0.6 is 0 Å². The first-order chi connectivity index (χ1) is 13.0. The van der Waals surface area contributed by atoms with Crippen LogP contribution in [0.25, 0.3) is 0 Å². The number of anilines is 1. The minimum Gasteiger partial charge on any atom is -0.308 e. The highest BCUT2D eigenvalue weighted by Crippen LogP contribution is 2.29. The number of nitrogens with one attached hydrogen (secondary N) is 1. The smallest absolute Gasteiger partial charge is 0.258 e. The summed E-state index contributed by atoms with van der Waals surface area (Å²) in [5, 5.41) is 0. The number of para-hydroxylation sites is 1. The number of amides is 1. The molecular weight excluding hydrogens is 360 g/mol. The predicted octanol–water partition coefficient (Wildman–Crippen LogP) is 3.50. The molecule has 1 saturated carbocycles. The average molecular weight is 385 g/mol. The maximum Gasteiger partial charge on any atom is 0.258 e. The van der Waals surface area contributed by atoms with E-state index in [-0.39, 0.29) is 16.8 Å². The molecule has 1 fully saturated rings. The summed E-state index contributed by atoms with van der Waals surface area (Å²) in [7, 11) is -3.54. The van der Waals surface area contributed by atoms with Gasteiger partial charge in [0.15, 0.2) is 0 Å². The molecule has 2 aromatic carbocycles. The van der Waals surface area contributed by atoms with Crippen LogP contribution in [0.3, 0.4) is 0 Å². The number of rotatable bonds is 4. The van der Waals surface area contributed by atoms with Crippen molar-refractivity contribution < 1.29 is 13.2 Å². The average Bonchev–Trinajstić information content (AvgIpc) is 3.12. The standard InChI is InChI=1S/C21H24N2O3S/c24-21(23-15-14-16-6-4-5-9-20(16)23)17-10-12-19(13-11-17)27(25,26)22-18-7-2-1-3-8-18/h4-6,9-13,18,22H,1-3,7-8,14-15H2. The van der Waals surface area contributed by atoms with Gasteiger partial charge in [-0.15, -0.1) is 0 Å². The fraction of sp³-hybridized carbons (Fsp3) is 0.381. The lowest BCUT2D eigenvalue weighted by Crippen LogP contribution is -2.36. The van der Waals surface area contributed by atoms with Crippen LogP contribution in [0, 0.1) is 0 Å². The molecule has 1 N–H and O–H groups in total. The largest absolute Gasteiger partial charge is 0.308 e. The Bertz CT molecular complexity index is 932. The zero-order valence-corrected chi connectivity index (χ0v) is 16.0. The molecular formula is C21H24N2O3S. The van der Waals surface area contributed by atoms with Crippen LogP contribution in [0.5, 0.6) is 0 Å². The first-order valence-corrected chi connectivity index (χ1v) is 11.0. The molecule has 0 saturated heterocycles. The Balaban J connectivity index is 1.49. The fourth-order valence-corrected chi connectivity index (χ4v) is 5.29. The summed E-state index contributed by atoms with van der Waals surface area (Å²) in [6.07, 6.45) is 5.94. The Morgan fingerprint density at radius 1 is 0.963 bits per heavy atom. The molecule has 27 heavy (non-hydrogen) atoms. The molecule has 0 spiro atoms.